The standard InChI is InChI=1S/C15H10ClFN4/c16-11-8-10(6-7-12(11)17)14-19-13(20-15(18)21-14)9-4-2-1-3-5-9/h1-8H,(H2,18,19,20,21). The van der Waals surface area contributed by atoms with Gasteiger partial charge in [0.05, 0.1) is 5.02 Å². The lowest BCUT2D eigenvalue weighted by Crippen LogP contribution is -2.02. The predicted octanol–water partition coefficient (Wildman–Crippen LogP) is 3.58. The summed E-state index contributed by atoms with van der Waals surface area (Å²) < 4.78 is 13.2. The molecule has 0 radical (unpaired) electrons. The molecule has 2 aromatic carbocycles. The van der Waals surface area contributed by atoms with E-state index in [-0.39, 0.29) is 11.0 Å². The first-order chi connectivity index (χ1) is 10.1. The Morgan fingerprint density at radius 3 is 2.19 bits per heavy atom. The zero-order chi connectivity index (χ0) is 14.8. The monoisotopic (exact) mass is 300 g/mol. The molecule has 0 aliphatic rings. The Labute approximate surface area is 125 Å². The van der Waals surface area contributed by atoms with Gasteiger partial charge in [0.2, 0.25) is 5.95 Å². The second-order valence-electron chi connectivity index (χ2n) is 4.34. The molecule has 6 heteroatoms. The number of benzene rings is 2. The summed E-state index contributed by atoms with van der Waals surface area (Å²) in [6, 6.07) is 13.7. The van der Waals surface area contributed by atoms with Crippen LogP contribution in [0, 0.1) is 5.82 Å². The molecule has 0 atom stereocenters. The molecule has 4 nitrogen and oxygen atoms in total. The van der Waals surface area contributed by atoms with E-state index >= 15 is 0 Å². The van der Waals surface area contributed by atoms with E-state index in [4.69, 9.17) is 17.3 Å². The van der Waals surface area contributed by atoms with Gasteiger partial charge in [-0.3, -0.25) is 0 Å². The number of hydrogen-bond donors (Lipinski definition) is 1. The van der Waals surface area contributed by atoms with Gasteiger partial charge in [-0.05, 0) is 18.2 Å². The highest BCUT2D eigenvalue weighted by atomic mass is 35.5. The maximum atomic E-state index is 13.2. The van der Waals surface area contributed by atoms with E-state index < -0.39 is 5.82 Å². The van der Waals surface area contributed by atoms with Gasteiger partial charge < -0.3 is 5.73 Å². The van der Waals surface area contributed by atoms with Crippen molar-refractivity contribution >= 4 is 17.5 Å². The normalized spacial score (nSPS) is 10.6. The summed E-state index contributed by atoms with van der Waals surface area (Å²) in [6.07, 6.45) is 0. The zero-order valence-electron chi connectivity index (χ0n) is 10.8. The Balaban J connectivity index is 2.11. The summed E-state index contributed by atoms with van der Waals surface area (Å²) in [7, 11) is 0. The molecule has 3 rings (SSSR count). The van der Waals surface area contributed by atoms with E-state index in [0.717, 1.165) is 5.56 Å². The quantitative estimate of drug-likeness (QED) is 0.785. The summed E-state index contributed by atoms with van der Waals surface area (Å²) in [5.74, 6) is 0.409. The van der Waals surface area contributed by atoms with Crippen molar-refractivity contribution in [1.82, 2.24) is 15.0 Å². The minimum atomic E-state index is -0.495. The molecule has 2 N–H and O–H groups in total. The average molecular weight is 301 g/mol. The van der Waals surface area contributed by atoms with E-state index in [1.54, 1.807) is 6.07 Å². The number of nitrogens with two attached hydrogens (primary N) is 1. The fourth-order valence-electron chi connectivity index (χ4n) is 1.87. The Bertz CT molecular complexity index is 793. The van der Waals surface area contributed by atoms with E-state index in [2.05, 4.69) is 15.0 Å². The third kappa shape index (κ3) is 2.83. The van der Waals surface area contributed by atoms with Gasteiger partial charge >= 0.3 is 0 Å². The van der Waals surface area contributed by atoms with Crippen molar-refractivity contribution in [2.75, 3.05) is 5.73 Å². The van der Waals surface area contributed by atoms with Crippen molar-refractivity contribution in [2.24, 2.45) is 0 Å². The molecule has 3 aromatic rings. The minimum Gasteiger partial charge on any atom is -0.368 e. The summed E-state index contributed by atoms with van der Waals surface area (Å²) in [5.41, 5.74) is 7.13. The van der Waals surface area contributed by atoms with Crippen LogP contribution in [0.2, 0.25) is 5.02 Å². The Morgan fingerprint density at radius 2 is 1.52 bits per heavy atom. The van der Waals surface area contributed by atoms with Gasteiger partial charge in [0.1, 0.15) is 5.82 Å². The lowest BCUT2D eigenvalue weighted by molar-refractivity contribution is 0.628. The maximum Gasteiger partial charge on any atom is 0.224 e. The first-order valence-corrected chi connectivity index (χ1v) is 6.53. The van der Waals surface area contributed by atoms with Crippen LogP contribution in [-0.2, 0) is 0 Å². The fourth-order valence-corrected chi connectivity index (χ4v) is 2.05. The van der Waals surface area contributed by atoms with Crippen LogP contribution in [-0.4, -0.2) is 15.0 Å². The summed E-state index contributed by atoms with van der Waals surface area (Å²) in [6.45, 7) is 0. The van der Waals surface area contributed by atoms with Crippen molar-refractivity contribution in [1.29, 1.82) is 0 Å². The second kappa shape index (κ2) is 5.46. The number of anilines is 1. The number of hydrogen-bond acceptors (Lipinski definition) is 4. The van der Waals surface area contributed by atoms with Gasteiger partial charge in [0, 0.05) is 11.1 Å². The third-order valence-electron chi connectivity index (χ3n) is 2.86. The molecule has 0 unspecified atom stereocenters. The topological polar surface area (TPSA) is 64.7 Å². The van der Waals surface area contributed by atoms with Crippen LogP contribution in [0.4, 0.5) is 10.3 Å². The average Bonchev–Trinajstić information content (AvgIpc) is 2.50. The summed E-state index contributed by atoms with van der Waals surface area (Å²) >= 11 is 5.78. The lowest BCUT2D eigenvalue weighted by Gasteiger charge is -2.06. The minimum absolute atomic E-state index is 0.00717. The third-order valence-corrected chi connectivity index (χ3v) is 3.15. The van der Waals surface area contributed by atoms with E-state index in [9.17, 15) is 4.39 Å². The molecule has 104 valence electrons. The molecule has 21 heavy (non-hydrogen) atoms. The van der Waals surface area contributed by atoms with Crippen molar-refractivity contribution < 1.29 is 4.39 Å². The van der Waals surface area contributed by atoms with Crippen LogP contribution in [0.25, 0.3) is 22.8 Å². The first-order valence-electron chi connectivity index (χ1n) is 6.16. The lowest BCUT2D eigenvalue weighted by atomic mass is 10.2. The molecule has 0 bridgehead atoms. The van der Waals surface area contributed by atoms with Gasteiger partial charge in [-0.25, -0.2) is 9.37 Å². The number of aromatic nitrogens is 3. The second-order valence-corrected chi connectivity index (χ2v) is 4.74. The largest absolute Gasteiger partial charge is 0.368 e. The van der Waals surface area contributed by atoms with Crippen LogP contribution in [0.5, 0.6) is 0 Å². The van der Waals surface area contributed by atoms with Crippen molar-refractivity contribution in [3.8, 4) is 22.8 Å². The molecular weight excluding hydrogens is 291 g/mol. The molecule has 0 saturated heterocycles. The highest BCUT2D eigenvalue weighted by molar-refractivity contribution is 6.31. The van der Waals surface area contributed by atoms with Crippen LogP contribution in [0.1, 0.15) is 0 Å². The molecule has 0 saturated carbocycles. The van der Waals surface area contributed by atoms with Gasteiger partial charge in [-0.1, -0.05) is 41.9 Å². The highest BCUT2D eigenvalue weighted by Gasteiger charge is 2.10. The molecule has 1 heterocycles. The predicted molar refractivity (Wildman–Crippen MR) is 80.1 cm³/mol. The Kier molecular flexibility index (Phi) is 3.50. The van der Waals surface area contributed by atoms with Gasteiger partial charge in [0.25, 0.3) is 0 Å². The highest BCUT2D eigenvalue weighted by Crippen LogP contribution is 2.24. The fraction of sp³-hybridized carbons (Fsp3) is 0. The molecule has 0 fully saturated rings. The van der Waals surface area contributed by atoms with Gasteiger partial charge in [0.15, 0.2) is 11.6 Å². The van der Waals surface area contributed by atoms with E-state index in [0.29, 0.717) is 17.2 Å². The van der Waals surface area contributed by atoms with Gasteiger partial charge in [-0.15, -0.1) is 0 Å². The molecule has 0 spiro atoms. The Morgan fingerprint density at radius 1 is 0.857 bits per heavy atom. The SMILES string of the molecule is Nc1nc(-c2ccccc2)nc(-c2ccc(F)c(Cl)c2)n1. The molecule has 1 aromatic heterocycles. The van der Waals surface area contributed by atoms with Crippen molar-refractivity contribution in [3.63, 3.8) is 0 Å². The van der Waals surface area contributed by atoms with Crippen molar-refractivity contribution in [3.05, 3.63) is 59.4 Å². The maximum absolute atomic E-state index is 13.2. The Hall–Kier alpha value is -2.53. The molecule has 0 aliphatic heterocycles. The smallest absolute Gasteiger partial charge is 0.224 e. The number of halogens is 2. The molecular formula is C15H10ClFN4. The summed E-state index contributed by atoms with van der Waals surface area (Å²) in [5, 5.41) is 0.00717. The zero-order valence-corrected chi connectivity index (χ0v) is 11.5. The van der Waals surface area contributed by atoms with Crippen LogP contribution in [0.15, 0.2) is 48.5 Å². The van der Waals surface area contributed by atoms with Crippen LogP contribution < -0.4 is 5.73 Å². The van der Waals surface area contributed by atoms with Gasteiger partial charge in [-0.2, -0.15) is 9.97 Å². The van der Waals surface area contributed by atoms with E-state index in [1.165, 1.54) is 12.1 Å². The summed E-state index contributed by atoms with van der Waals surface area (Å²) in [4.78, 5) is 12.6. The van der Waals surface area contributed by atoms with Crippen LogP contribution in [0.3, 0.4) is 0 Å². The van der Waals surface area contributed by atoms with Crippen LogP contribution >= 0.6 is 11.6 Å². The number of nitrogens with zero attached hydrogens (tertiary/aromatic N) is 3. The molecule has 0 aliphatic carbocycles. The van der Waals surface area contributed by atoms with Crippen molar-refractivity contribution in [2.45, 2.75) is 0 Å². The van der Waals surface area contributed by atoms with E-state index in [1.807, 2.05) is 30.3 Å². The first kappa shape index (κ1) is 13.5. The number of rotatable bonds is 2. The number of nitrogen functional groups attached to an aromatic ring is 1. The molecule has 0 amide bonds.